The van der Waals surface area contributed by atoms with Gasteiger partial charge < -0.3 is 24.7 Å². The van der Waals surface area contributed by atoms with Gasteiger partial charge in [-0.3, -0.25) is 0 Å². The maximum absolute atomic E-state index is 14.3. The lowest BCUT2D eigenvalue weighted by atomic mass is 9.85. The van der Waals surface area contributed by atoms with E-state index in [0.29, 0.717) is 25.2 Å². The summed E-state index contributed by atoms with van der Waals surface area (Å²) in [7, 11) is 0. The van der Waals surface area contributed by atoms with E-state index in [9.17, 15) is 18.4 Å². The Bertz CT molecular complexity index is 1290. The largest absolute Gasteiger partial charge is 0.444 e. The number of carbonyl (C=O) groups is 2. The van der Waals surface area contributed by atoms with Crippen molar-refractivity contribution < 1.29 is 23.1 Å². The number of aromatic nitrogens is 1. The third kappa shape index (κ3) is 8.49. The Balaban J connectivity index is 0.000000267. The second-order valence-corrected chi connectivity index (χ2v) is 12.3. The molecule has 2 heterocycles. The summed E-state index contributed by atoms with van der Waals surface area (Å²) in [5, 5.41) is 0. The molecule has 3 aromatic rings. The lowest BCUT2D eigenvalue weighted by molar-refractivity contribution is -0.110. The molecule has 1 unspecified atom stereocenters. The summed E-state index contributed by atoms with van der Waals surface area (Å²) in [6.45, 7) is 13.4. The average Bonchev–Trinajstić information content (AvgIpc) is 3.52. The molecule has 1 saturated heterocycles. The molecule has 8 heteroatoms. The summed E-state index contributed by atoms with van der Waals surface area (Å²) in [6, 6.07) is 15.1. The van der Waals surface area contributed by atoms with Gasteiger partial charge in [-0.2, -0.15) is 0 Å². The molecule has 1 fully saturated rings. The van der Waals surface area contributed by atoms with E-state index in [-0.39, 0.29) is 29.0 Å². The van der Waals surface area contributed by atoms with Crippen molar-refractivity contribution in [2.45, 2.75) is 66.2 Å². The molecule has 1 aliphatic rings. The zero-order valence-electron chi connectivity index (χ0n) is 24.3. The van der Waals surface area contributed by atoms with E-state index in [0.717, 1.165) is 36.1 Å². The zero-order chi connectivity index (χ0) is 29.7. The zero-order valence-corrected chi connectivity index (χ0v) is 24.3. The number of halogens is 2. The number of nitrogens with zero attached hydrogens (tertiary/aromatic N) is 2. The number of hydrogen-bond donors (Lipinski definition) is 1. The third-order valence-corrected chi connectivity index (χ3v) is 6.69. The number of amides is 1. The Kier molecular flexibility index (Phi) is 9.90. The monoisotopic (exact) mass is 553 g/mol. The highest BCUT2D eigenvalue weighted by molar-refractivity contribution is 5.70. The van der Waals surface area contributed by atoms with Crippen LogP contribution >= 0.6 is 0 Å². The second-order valence-electron chi connectivity index (χ2n) is 12.3. The van der Waals surface area contributed by atoms with Crippen LogP contribution in [0.4, 0.5) is 13.6 Å². The van der Waals surface area contributed by atoms with Crippen LogP contribution in [0, 0.1) is 23.0 Å². The van der Waals surface area contributed by atoms with E-state index in [1.54, 1.807) is 4.90 Å². The molecule has 1 aromatic heterocycles. The Hall–Kier alpha value is -3.52. The van der Waals surface area contributed by atoms with Crippen LogP contribution in [-0.4, -0.2) is 40.5 Å². The molecular weight excluding hydrogens is 512 g/mol. The van der Waals surface area contributed by atoms with Crippen LogP contribution in [-0.2, 0) is 16.1 Å². The minimum atomic E-state index is -0.462. The smallest absolute Gasteiger partial charge is 0.410 e. The predicted octanol–water partition coefficient (Wildman–Crippen LogP) is 6.97. The fourth-order valence-corrected chi connectivity index (χ4v) is 4.41. The molecule has 0 spiro atoms. The van der Waals surface area contributed by atoms with Gasteiger partial charge in [0.25, 0.3) is 0 Å². The molecule has 0 bridgehead atoms. The number of nitrogens with two attached hydrogens (primary N) is 1. The molecule has 0 aliphatic carbocycles. The van der Waals surface area contributed by atoms with E-state index in [4.69, 9.17) is 10.5 Å². The number of aldehydes is 1. The first kappa shape index (κ1) is 31.0. The van der Waals surface area contributed by atoms with Crippen molar-refractivity contribution in [2.75, 3.05) is 13.1 Å². The van der Waals surface area contributed by atoms with Crippen LogP contribution in [0.15, 0.2) is 60.8 Å². The number of benzene rings is 2. The van der Waals surface area contributed by atoms with E-state index in [2.05, 4.69) is 20.8 Å². The highest BCUT2D eigenvalue weighted by Crippen LogP contribution is 2.35. The molecule has 2 aromatic carbocycles. The summed E-state index contributed by atoms with van der Waals surface area (Å²) in [5.41, 5.74) is 8.78. The average molecular weight is 554 g/mol. The van der Waals surface area contributed by atoms with Crippen molar-refractivity contribution in [3.63, 3.8) is 0 Å². The normalized spacial score (nSPS) is 16.2. The number of rotatable bonds is 5. The van der Waals surface area contributed by atoms with Gasteiger partial charge in [-0.05, 0) is 62.4 Å². The molecule has 4 rings (SSSR count). The maximum Gasteiger partial charge on any atom is 0.410 e. The summed E-state index contributed by atoms with van der Waals surface area (Å²) in [5.74, 6) is -0.916. The molecule has 1 amide bonds. The van der Waals surface area contributed by atoms with E-state index in [1.165, 1.54) is 6.07 Å². The van der Waals surface area contributed by atoms with Gasteiger partial charge in [-0.25, -0.2) is 13.6 Å². The first-order valence-corrected chi connectivity index (χ1v) is 13.6. The lowest BCUT2D eigenvalue weighted by Gasteiger charge is -2.28. The highest BCUT2D eigenvalue weighted by atomic mass is 19.1. The van der Waals surface area contributed by atoms with E-state index >= 15 is 0 Å². The molecule has 6 nitrogen and oxygen atoms in total. The van der Waals surface area contributed by atoms with Crippen LogP contribution in [0.25, 0.3) is 11.1 Å². The minimum absolute atomic E-state index is 0.0116. The Labute approximate surface area is 236 Å². The molecule has 0 saturated carbocycles. The van der Waals surface area contributed by atoms with Gasteiger partial charge >= 0.3 is 6.09 Å². The van der Waals surface area contributed by atoms with Gasteiger partial charge in [-0.1, -0.05) is 51.1 Å². The Morgan fingerprint density at radius 1 is 1.07 bits per heavy atom. The summed E-state index contributed by atoms with van der Waals surface area (Å²) in [4.78, 5) is 23.6. The van der Waals surface area contributed by atoms with Gasteiger partial charge in [0.15, 0.2) is 0 Å². The lowest BCUT2D eigenvalue weighted by Crippen LogP contribution is -2.35. The standard InChI is InChI=1S/C22H24F2N2.C10H17NO3/c1-22(2,3)21(25)20-11-16(18-12-17(23)9-10-19(18)24)14-26(20)13-15-7-5-4-6-8-15;1-10(2,3)14-9(13)11-5-4-8(6-11)7-12/h4-12,14,21H,13,25H2,1-3H3;7-8H,4-6H2,1-3H3/t21-;/m0./s1. The maximum atomic E-state index is 14.3. The second kappa shape index (κ2) is 12.8. The Morgan fingerprint density at radius 2 is 1.75 bits per heavy atom. The van der Waals surface area contributed by atoms with Crippen molar-refractivity contribution in [1.29, 1.82) is 0 Å². The fraction of sp³-hybridized carbons (Fsp3) is 0.438. The van der Waals surface area contributed by atoms with Crippen molar-refractivity contribution in [1.82, 2.24) is 9.47 Å². The molecule has 1 aliphatic heterocycles. The molecule has 40 heavy (non-hydrogen) atoms. The number of ether oxygens (including phenoxy) is 1. The third-order valence-electron chi connectivity index (χ3n) is 6.69. The van der Waals surface area contributed by atoms with Crippen LogP contribution in [0.3, 0.4) is 0 Å². The fourth-order valence-electron chi connectivity index (χ4n) is 4.41. The van der Waals surface area contributed by atoms with Crippen LogP contribution < -0.4 is 5.73 Å². The SMILES string of the molecule is CC(C)(C)OC(=O)N1CCC(C=O)C1.CC(C)(C)[C@@H](N)c1cc(-c2cc(F)ccc2F)cn1Cc1ccccc1. The van der Waals surface area contributed by atoms with Crippen LogP contribution in [0.5, 0.6) is 0 Å². The molecule has 2 N–H and O–H groups in total. The molecule has 0 radical (unpaired) electrons. The predicted molar refractivity (Wildman–Crippen MR) is 154 cm³/mol. The van der Waals surface area contributed by atoms with E-state index in [1.807, 2.05) is 67.9 Å². The first-order chi connectivity index (χ1) is 18.7. The minimum Gasteiger partial charge on any atom is -0.444 e. The van der Waals surface area contributed by atoms with Crippen molar-refractivity contribution in [3.8, 4) is 11.1 Å². The Morgan fingerprint density at radius 3 is 2.33 bits per heavy atom. The van der Waals surface area contributed by atoms with Gasteiger partial charge in [0.05, 0.1) is 0 Å². The van der Waals surface area contributed by atoms with Gasteiger partial charge in [-0.15, -0.1) is 0 Å². The van der Waals surface area contributed by atoms with Crippen molar-refractivity contribution in [2.24, 2.45) is 17.1 Å². The number of hydrogen-bond acceptors (Lipinski definition) is 4. The van der Waals surface area contributed by atoms with Gasteiger partial charge in [0.1, 0.15) is 23.5 Å². The van der Waals surface area contributed by atoms with Gasteiger partial charge in [0, 0.05) is 54.6 Å². The highest BCUT2D eigenvalue weighted by Gasteiger charge is 2.29. The molecule has 216 valence electrons. The van der Waals surface area contributed by atoms with Crippen molar-refractivity contribution >= 4 is 12.4 Å². The van der Waals surface area contributed by atoms with Crippen LogP contribution in [0.1, 0.15) is 65.3 Å². The van der Waals surface area contributed by atoms with E-state index < -0.39 is 17.2 Å². The number of carbonyl (C=O) groups excluding carboxylic acids is 2. The topological polar surface area (TPSA) is 77.6 Å². The first-order valence-electron chi connectivity index (χ1n) is 13.6. The summed E-state index contributed by atoms with van der Waals surface area (Å²) in [6.07, 6.45) is 3.20. The van der Waals surface area contributed by atoms with Gasteiger partial charge in [0.2, 0.25) is 0 Å². The van der Waals surface area contributed by atoms with Crippen LogP contribution in [0.2, 0.25) is 0 Å². The summed E-state index contributed by atoms with van der Waals surface area (Å²) >= 11 is 0. The molecular formula is C32H41F2N3O3. The quantitative estimate of drug-likeness (QED) is 0.346. The number of likely N-dealkylation sites (tertiary alicyclic amines) is 1. The van der Waals surface area contributed by atoms with Crippen molar-refractivity contribution in [3.05, 3.63) is 83.7 Å². The summed E-state index contributed by atoms with van der Waals surface area (Å²) < 4.78 is 35.1. The molecule has 2 atom stereocenters.